The Hall–Kier alpha value is -3.30. The number of likely N-dealkylation sites (tertiary alicyclic amines) is 2. The molecule has 0 bridgehead atoms. The van der Waals surface area contributed by atoms with E-state index >= 15 is 0 Å². The molecule has 0 unspecified atom stereocenters. The minimum Gasteiger partial charge on any atom is -0.301 e. The fourth-order valence-corrected chi connectivity index (χ4v) is 6.19. The standard InChI is InChI=1S/C29H37N7O2/c1-3-21-18-24-25(19-22(21)4-2)36-28(31-34(29(36)38)17-16-32-12-5-6-13-32)23-10-9-11-30-27(23)35(24)26(37)20-33-14-7-8-15-33/h9-11,18-19H,3-8,12-17,20H2,1-2H3. The van der Waals surface area contributed by atoms with Crippen LogP contribution in [0.25, 0.3) is 17.1 Å². The normalized spacial score (nSPS) is 17.4. The van der Waals surface area contributed by atoms with Crippen molar-refractivity contribution in [1.82, 2.24) is 29.1 Å². The Kier molecular flexibility index (Phi) is 6.88. The summed E-state index contributed by atoms with van der Waals surface area (Å²) >= 11 is 0. The molecule has 2 fully saturated rings. The molecule has 9 heteroatoms. The van der Waals surface area contributed by atoms with Crippen molar-refractivity contribution in [3.8, 4) is 17.1 Å². The zero-order valence-corrected chi connectivity index (χ0v) is 22.5. The first kappa shape index (κ1) is 25.0. The second-order valence-corrected chi connectivity index (χ2v) is 10.6. The van der Waals surface area contributed by atoms with Crippen molar-refractivity contribution in [1.29, 1.82) is 0 Å². The van der Waals surface area contributed by atoms with Gasteiger partial charge >= 0.3 is 5.69 Å². The SMILES string of the molecule is CCc1cc2c(cc1CC)-n1c(nn(CCN3CCCC3)c1=O)-c1cccnc1N2C(=O)CN1CCCC1. The van der Waals surface area contributed by atoms with Crippen LogP contribution in [0.5, 0.6) is 0 Å². The molecule has 0 radical (unpaired) electrons. The lowest BCUT2D eigenvalue weighted by Crippen LogP contribution is -2.38. The predicted octanol–water partition coefficient (Wildman–Crippen LogP) is 3.39. The van der Waals surface area contributed by atoms with Gasteiger partial charge in [-0.2, -0.15) is 0 Å². The highest BCUT2D eigenvalue weighted by molar-refractivity contribution is 6.06. The second kappa shape index (κ2) is 10.5. The third kappa shape index (κ3) is 4.37. The number of amides is 1. The van der Waals surface area contributed by atoms with E-state index in [0.29, 0.717) is 41.7 Å². The molecule has 5 heterocycles. The molecule has 38 heavy (non-hydrogen) atoms. The van der Waals surface area contributed by atoms with Gasteiger partial charge in [0, 0.05) is 12.7 Å². The van der Waals surface area contributed by atoms with Gasteiger partial charge in [-0.05, 0) is 100 Å². The molecular weight excluding hydrogens is 478 g/mol. The largest absolute Gasteiger partial charge is 0.350 e. The van der Waals surface area contributed by atoms with Crippen LogP contribution in [0.3, 0.4) is 0 Å². The molecule has 0 saturated carbocycles. The van der Waals surface area contributed by atoms with Gasteiger partial charge in [0.25, 0.3) is 0 Å². The van der Waals surface area contributed by atoms with Crippen LogP contribution in [0, 0.1) is 0 Å². The predicted molar refractivity (Wildman–Crippen MR) is 148 cm³/mol. The van der Waals surface area contributed by atoms with Crippen molar-refractivity contribution in [3.05, 3.63) is 52.1 Å². The lowest BCUT2D eigenvalue weighted by molar-refractivity contribution is -0.118. The minimum atomic E-state index is -0.171. The van der Waals surface area contributed by atoms with Gasteiger partial charge < -0.3 is 4.90 Å². The number of hydrogen-bond donors (Lipinski definition) is 0. The van der Waals surface area contributed by atoms with E-state index in [2.05, 4.69) is 35.8 Å². The third-order valence-corrected chi connectivity index (χ3v) is 8.25. The number of fused-ring (bicyclic) bond motifs is 5. The fourth-order valence-electron chi connectivity index (χ4n) is 6.19. The average Bonchev–Trinajstić information content (AvgIpc) is 3.69. The smallest absolute Gasteiger partial charge is 0.301 e. The summed E-state index contributed by atoms with van der Waals surface area (Å²) in [6, 6.07) is 7.96. The lowest BCUT2D eigenvalue weighted by Gasteiger charge is -2.27. The fraction of sp³-hybridized carbons (Fsp3) is 0.517. The summed E-state index contributed by atoms with van der Waals surface area (Å²) in [6.45, 7) is 9.95. The molecule has 3 aliphatic rings. The maximum absolute atomic E-state index is 14.0. The number of aryl methyl sites for hydroxylation is 2. The van der Waals surface area contributed by atoms with Crippen LogP contribution in [-0.2, 0) is 24.2 Å². The Morgan fingerprint density at radius 1 is 0.895 bits per heavy atom. The highest BCUT2D eigenvalue weighted by Gasteiger charge is 2.34. The molecule has 200 valence electrons. The van der Waals surface area contributed by atoms with Crippen molar-refractivity contribution >= 4 is 17.4 Å². The van der Waals surface area contributed by atoms with Gasteiger partial charge in [-0.15, -0.1) is 5.10 Å². The summed E-state index contributed by atoms with van der Waals surface area (Å²) in [4.78, 5) is 39.0. The molecule has 6 rings (SSSR count). The maximum atomic E-state index is 14.0. The molecule has 2 aromatic heterocycles. The average molecular weight is 516 g/mol. The van der Waals surface area contributed by atoms with Crippen molar-refractivity contribution < 1.29 is 4.79 Å². The molecule has 0 aliphatic carbocycles. The van der Waals surface area contributed by atoms with Crippen LogP contribution in [0.4, 0.5) is 11.5 Å². The number of anilines is 2. The van der Waals surface area contributed by atoms with E-state index < -0.39 is 0 Å². The lowest BCUT2D eigenvalue weighted by atomic mass is 10.00. The molecule has 9 nitrogen and oxygen atoms in total. The number of aromatic nitrogens is 4. The van der Waals surface area contributed by atoms with E-state index in [9.17, 15) is 9.59 Å². The van der Waals surface area contributed by atoms with E-state index in [1.54, 1.807) is 20.3 Å². The van der Waals surface area contributed by atoms with Gasteiger partial charge in [-0.3, -0.25) is 14.6 Å². The summed E-state index contributed by atoms with van der Waals surface area (Å²) in [5, 5.41) is 4.86. The molecular formula is C29H37N7O2. The van der Waals surface area contributed by atoms with Crippen LogP contribution in [0.1, 0.15) is 50.7 Å². The molecule has 1 aromatic carbocycles. The van der Waals surface area contributed by atoms with Crippen LogP contribution >= 0.6 is 0 Å². The zero-order valence-electron chi connectivity index (χ0n) is 22.5. The number of carbonyl (C=O) groups is 1. The highest BCUT2D eigenvalue weighted by atomic mass is 16.2. The van der Waals surface area contributed by atoms with Crippen LogP contribution in [-0.4, -0.2) is 74.3 Å². The van der Waals surface area contributed by atoms with Crippen LogP contribution < -0.4 is 10.6 Å². The van der Waals surface area contributed by atoms with Crippen molar-refractivity contribution in [2.45, 2.75) is 58.9 Å². The molecule has 3 aromatic rings. The number of pyridine rings is 1. The van der Waals surface area contributed by atoms with Gasteiger partial charge in [-0.1, -0.05) is 13.8 Å². The van der Waals surface area contributed by atoms with Crippen LogP contribution in [0.2, 0.25) is 0 Å². The number of carbonyl (C=O) groups excluding carboxylic acids is 1. The summed E-state index contributed by atoms with van der Waals surface area (Å²) in [7, 11) is 0. The van der Waals surface area contributed by atoms with Crippen molar-refractivity contribution in [2.24, 2.45) is 0 Å². The first-order chi connectivity index (χ1) is 18.6. The maximum Gasteiger partial charge on any atom is 0.350 e. The minimum absolute atomic E-state index is 0.0282. The summed E-state index contributed by atoms with van der Waals surface area (Å²) < 4.78 is 3.30. The Bertz CT molecular complexity index is 1400. The van der Waals surface area contributed by atoms with Crippen molar-refractivity contribution in [3.63, 3.8) is 0 Å². The molecule has 0 N–H and O–H groups in total. The second-order valence-electron chi connectivity index (χ2n) is 10.6. The van der Waals surface area contributed by atoms with Gasteiger partial charge in [-0.25, -0.2) is 19.0 Å². The molecule has 2 saturated heterocycles. The molecule has 0 atom stereocenters. The quantitative estimate of drug-likeness (QED) is 0.480. The van der Waals surface area contributed by atoms with Crippen LogP contribution in [0.15, 0.2) is 35.3 Å². The van der Waals surface area contributed by atoms with Gasteiger partial charge in [0.2, 0.25) is 5.91 Å². The number of benzene rings is 1. The Labute approximate surface area is 223 Å². The van der Waals surface area contributed by atoms with Gasteiger partial charge in [0.15, 0.2) is 11.6 Å². The first-order valence-electron chi connectivity index (χ1n) is 14.2. The third-order valence-electron chi connectivity index (χ3n) is 8.25. The molecule has 0 spiro atoms. The van der Waals surface area contributed by atoms with E-state index in [1.165, 1.54) is 24.0 Å². The summed E-state index contributed by atoms with van der Waals surface area (Å²) in [5.74, 6) is 1.06. The van der Waals surface area contributed by atoms with E-state index in [0.717, 1.165) is 58.4 Å². The highest BCUT2D eigenvalue weighted by Crippen LogP contribution is 2.41. The van der Waals surface area contributed by atoms with Gasteiger partial charge in [0.1, 0.15) is 0 Å². The Morgan fingerprint density at radius 2 is 1.55 bits per heavy atom. The topological polar surface area (TPSA) is 79.5 Å². The molecule has 3 aliphatic heterocycles. The molecule has 1 amide bonds. The Balaban J connectivity index is 1.52. The van der Waals surface area contributed by atoms with E-state index in [4.69, 9.17) is 10.1 Å². The number of nitrogens with zero attached hydrogens (tertiary/aromatic N) is 7. The number of hydrogen-bond acceptors (Lipinski definition) is 6. The zero-order chi connectivity index (χ0) is 26.2. The summed E-state index contributed by atoms with van der Waals surface area (Å²) in [6.07, 6.45) is 8.06. The first-order valence-corrected chi connectivity index (χ1v) is 14.2. The number of rotatable bonds is 7. The van der Waals surface area contributed by atoms with E-state index in [1.807, 2.05) is 12.1 Å². The monoisotopic (exact) mass is 515 g/mol. The Morgan fingerprint density at radius 3 is 2.24 bits per heavy atom. The summed E-state index contributed by atoms with van der Waals surface area (Å²) in [5.41, 5.74) is 4.31. The van der Waals surface area contributed by atoms with Crippen molar-refractivity contribution in [2.75, 3.05) is 44.2 Å². The van der Waals surface area contributed by atoms with E-state index in [-0.39, 0.29) is 11.6 Å². The van der Waals surface area contributed by atoms with Gasteiger partial charge in [0.05, 0.1) is 30.0 Å².